The summed E-state index contributed by atoms with van der Waals surface area (Å²) in [6.07, 6.45) is 1.97. The molecule has 1 aromatic heterocycles. The molecule has 0 saturated heterocycles. The van der Waals surface area contributed by atoms with Crippen molar-refractivity contribution in [3.8, 4) is 11.3 Å². The van der Waals surface area contributed by atoms with Crippen LogP contribution in [0.15, 0.2) is 71.9 Å². The van der Waals surface area contributed by atoms with Crippen LogP contribution in [-0.4, -0.2) is 15.7 Å². The van der Waals surface area contributed by atoms with E-state index in [9.17, 15) is 0 Å². The van der Waals surface area contributed by atoms with Crippen LogP contribution >= 0.6 is 0 Å². The number of hydrogen-bond donors (Lipinski definition) is 2. The standard InChI is InChI=1S/C18H19N5/c1-23-13-15(17(22-23)14-8-4-2-5-9-14)12-20-18(19)21-16-10-6-3-7-11-16/h2-11,13H,12H2,1H3,(H3,19,20,21). The van der Waals surface area contributed by atoms with Gasteiger partial charge < -0.3 is 11.1 Å². The van der Waals surface area contributed by atoms with Gasteiger partial charge in [-0.1, -0.05) is 48.5 Å². The van der Waals surface area contributed by atoms with Gasteiger partial charge in [-0.3, -0.25) is 4.68 Å². The summed E-state index contributed by atoms with van der Waals surface area (Å²) in [5.41, 5.74) is 9.93. The van der Waals surface area contributed by atoms with E-state index in [0.717, 1.165) is 22.5 Å². The fourth-order valence-corrected chi connectivity index (χ4v) is 2.37. The first-order valence-corrected chi connectivity index (χ1v) is 7.42. The summed E-state index contributed by atoms with van der Waals surface area (Å²) in [6, 6.07) is 19.8. The van der Waals surface area contributed by atoms with Crippen molar-refractivity contribution in [3.05, 3.63) is 72.4 Å². The fraction of sp³-hybridized carbons (Fsp3) is 0.111. The van der Waals surface area contributed by atoms with Crippen LogP contribution in [0.1, 0.15) is 5.56 Å². The molecule has 3 N–H and O–H groups in total. The lowest BCUT2D eigenvalue weighted by molar-refractivity contribution is 0.769. The summed E-state index contributed by atoms with van der Waals surface area (Å²) in [7, 11) is 1.91. The Hall–Kier alpha value is -3.08. The second kappa shape index (κ2) is 6.79. The molecule has 0 amide bonds. The Morgan fingerprint density at radius 1 is 1.09 bits per heavy atom. The summed E-state index contributed by atoms with van der Waals surface area (Å²) in [5.74, 6) is 0.388. The number of nitrogens with two attached hydrogens (primary N) is 1. The van der Waals surface area contributed by atoms with Gasteiger partial charge in [-0.15, -0.1) is 0 Å². The van der Waals surface area contributed by atoms with Crippen molar-refractivity contribution < 1.29 is 0 Å². The molecule has 0 radical (unpaired) electrons. The molecule has 3 rings (SSSR count). The molecule has 5 nitrogen and oxygen atoms in total. The number of aromatic nitrogens is 2. The Morgan fingerprint density at radius 2 is 1.74 bits per heavy atom. The van der Waals surface area contributed by atoms with Gasteiger partial charge in [-0.25, -0.2) is 4.99 Å². The second-order valence-corrected chi connectivity index (χ2v) is 5.24. The van der Waals surface area contributed by atoms with Crippen LogP contribution in [0.3, 0.4) is 0 Å². The van der Waals surface area contributed by atoms with Gasteiger partial charge in [0.15, 0.2) is 5.96 Å². The first kappa shape index (κ1) is 14.8. The number of rotatable bonds is 4. The van der Waals surface area contributed by atoms with Crippen molar-refractivity contribution in [3.63, 3.8) is 0 Å². The highest BCUT2D eigenvalue weighted by Gasteiger charge is 2.09. The Morgan fingerprint density at radius 3 is 2.43 bits per heavy atom. The number of nitrogens with one attached hydrogen (secondary N) is 1. The van der Waals surface area contributed by atoms with Gasteiger partial charge in [0.2, 0.25) is 0 Å². The molecular formula is C18H19N5. The smallest absolute Gasteiger partial charge is 0.193 e. The van der Waals surface area contributed by atoms with Crippen LogP contribution in [0.2, 0.25) is 0 Å². The maximum atomic E-state index is 5.96. The minimum absolute atomic E-state index is 0.388. The molecule has 23 heavy (non-hydrogen) atoms. The molecule has 0 bridgehead atoms. The second-order valence-electron chi connectivity index (χ2n) is 5.24. The van der Waals surface area contributed by atoms with Gasteiger partial charge in [0, 0.05) is 30.1 Å². The molecule has 116 valence electrons. The molecule has 0 atom stereocenters. The number of para-hydroxylation sites is 1. The van der Waals surface area contributed by atoms with Crippen LogP contribution in [0, 0.1) is 0 Å². The van der Waals surface area contributed by atoms with E-state index in [0.29, 0.717) is 12.5 Å². The zero-order valence-corrected chi connectivity index (χ0v) is 13.0. The van der Waals surface area contributed by atoms with Gasteiger partial charge >= 0.3 is 0 Å². The van der Waals surface area contributed by atoms with Gasteiger partial charge in [-0.2, -0.15) is 5.10 Å². The lowest BCUT2D eigenvalue weighted by Crippen LogP contribution is -2.22. The molecule has 0 aliphatic rings. The monoisotopic (exact) mass is 305 g/mol. The molecule has 0 spiro atoms. The Kier molecular flexibility index (Phi) is 4.38. The van der Waals surface area contributed by atoms with Crippen LogP contribution in [0.5, 0.6) is 0 Å². The summed E-state index contributed by atoms with van der Waals surface area (Å²) in [5, 5.41) is 7.61. The Labute approximate surface area is 135 Å². The van der Waals surface area contributed by atoms with Gasteiger partial charge in [0.25, 0.3) is 0 Å². The minimum Gasteiger partial charge on any atom is -0.370 e. The average Bonchev–Trinajstić information content (AvgIpc) is 2.96. The molecule has 0 saturated carbocycles. The van der Waals surface area contributed by atoms with Gasteiger partial charge in [0.05, 0.1) is 12.2 Å². The van der Waals surface area contributed by atoms with E-state index in [2.05, 4.69) is 15.4 Å². The summed E-state index contributed by atoms with van der Waals surface area (Å²) < 4.78 is 1.80. The minimum atomic E-state index is 0.388. The number of anilines is 1. The fourth-order valence-electron chi connectivity index (χ4n) is 2.37. The number of benzene rings is 2. The molecule has 0 unspecified atom stereocenters. The Bertz CT molecular complexity index is 791. The highest BCUT2D eigenvalue weighted by molar-refractivity contribution is 5.92. The summed E-state index contributed by atoms with van der Waals surface area (Å²) in [4.78, 5) is 4.42. The van der Waals surface area contributed by atoms with Crippen molar-refractivity contribution in [1.82, 2.24) is 9.78 Å². The molecule has 0 fully saturated rings. The van der Waals surface area contributed by atoms with E-state index in [1.165, 1.54) is 0 Å². The van der Waals surface area contributed by atoms with Crippen molar-refractivity contribution in [2.45, 2.75) is 6.54 Å². The van der Waals surface area contributed by atoms with Crippen molar-refractivity contribution in [2.24, 2.45) is 17.8 Å². The summed E-state index contributed by atoms with van der Waals surface area (Å²) in [6.45, 7) is 0.476. The summed E-state index contributed by atoms with van der Waals surface area (Å²) >= 11 is 0. The molecule has 0 aliphatic heterocycles. The van der Waals surface area contributed by atoms with E-state index in [1.54, 1.807) is 4.68 Å². The van der Waals surface area contributed by atoms with Crippen molar-refractivity contribution in [1.29, 1.82) is 0 Å². The third-order valence-corrected chi connectivity index (χ3v) is 3.42. The maximum Gasteiger partial charge on any atom is 0.193 e. The molecule has 0 aliphatic carbocycles. The first-order valence-electron chi connectivity index (χ1n) is 7.42. The van der Waals surface area contributed by atoms with E-state index >= 15 is 0 Å². The first-order chi connectivity index (χ1) is 11.2. The van der Waals surface area contributed by atoms with Gasteiger partial charge in [-0.05, 0) is 12.1 Å². The van der Waals surface area contributed by atoms with Crippen LogP contribution in [0.4, 0.5) is 5.69 Å². The maximum absolute atomic E-state index is 5.96. The number of aryl methyl sites for hydroxylation is 1. The van der Waals surface area contributed by atoms with Crippen LogP contribution in [0.25, 0.3) is 11.3 Å². The van der Waals surface area contributed by atoms with Crippen molar-refractivity contribution in [2.75, 3.05) is 5.32 Å². The highest BCUT2D eigenvalue weighted by atomic mass is 15.3. The lowest BCUT2D eigenvalue weighted by Gasteiger charge is -2.05. The SMILES string of the molecule is Cn1cc(CN=C(N)Nc2ccccc2)c(-c2ccccc2)n1. The highest BCUT2D eigenvalue weighted by Crippen LogP contribution is 2.22. The number of aliphatic imine (C=N–C) groups is 1. The zero-order chi connectivity index (χ0) is 16.1. The van der Waals surface area contributed by atoms with Gasteiger partial charge in [0.1, 0.15) is 0 Å². The molecule has 2 aromatic carbocycles. The number of hydrogen-bond acceptors (Lipinski definition) is 2. The molecule has 1 heterocycles. The lowest BCUT2D eigenvalue weighted by atomic mass is 10.1. The zero-order valence-electron chi connectivity index (χ0n) is 13.0. The Balaban J connectivity index is 1.77. The molecular weight excluding hydrogens is 286 g/mol. The molecule has 3 aromatic rings. The number of guanidine groups is 1. The topological polar surface area (TPSA) is 68.2 Å². The quantitative estimate of drug-likeness (QED) is 0.575. The third-order valence-electron chi connectivity index (χ3n) is 3.42. The third kappa shape index (κ3) is 3.77. The predicted molar refractivity (Wildman–Crippen MR) is 94.0 cm³/mol. The normalized spacial score (nSPS) is 11.4. The van der Waals surface area contributed by atoms with E-state index in [-0.39, 0.29) is 0 Å². The van der Waals surface area contributed by atoms with E-state index in [4.69, 9.17) is 5.73 Å². The predicted octanol–water partition coefficient (Wildman–Crippen LogP) is 3.01. The van der Waals surface area contributed by atoms with Crippen molar-refractivity contribution >= 4 is 11.6 Å². The van der Waals surface area contributed by atoms with E-state index < -0.39 is 0 Å². The largest absolute Gasteiger partial charge is 0.370 e. The van der Waals surface area contributed by atoms with Crippen LogP contribution in [-0.2, 0) is 13.6 Å². The average molecular weight is 305 g/mol. The molecule has 5 heteroatoms. The van der Waals surface area contributed by atoms with E-state index in [1.807, 2.05) is 73.9 Å². The van der Waals surface area contributed by atoms with Crippen LogP contribution < -0.4 is 11.1 Å². The number of nitrogens with zero attached hydrogens (tertiary/aromatic N) is 3.